The first kappa shape index (κ1) is 13.4. The Kier molecular flexibility index (Phi) is 4.08. The fourth-order valence-corrected chi connectivity index (χ4v) is 4.37. The number of nitrogens with one attached hydrogen (secondary N) is 1. The molecule has 0 aromatic rings. The Balaban J connectivity index is 1.57. The van der Waals surface area contributed by atoms with Gasteiger partial charge in [0, 0.05) is 24.5 Å². The summed E-state index contributed by atoms with van der Waals surface area (Å²) in [7, 11) is 0. The number of nitrogens with zero attached hydrogens (tertiary/aromatic N) is 1. The molecule has 2 heterocycles. The van der Waals surface area contributed by atoms with E-state index in [4.69, 9.17) is 5.73 Å². The van der Waals surface area contributed by atoms with Gasteiger partial charge in [-0.25, -0.2) is 0 Å². The number of fused-ring (bicyclic) bond motifs is 1. The van der Waals surface area contributed by atoms with Crippen molar-refractivity contribution in [2.75, 3.05) is 19.6 Å². The zero-order valence-electron chi connectivity index (χ0n) is 11.8. The number of amides is 1. The Labute approximate surface area is 116 Å². The molecule has 4 atom stereocenters. The number of piperidine rings is 1. The standard InChI is InChI=1S/C15H27N3O/c16-10-11-4-3-5-12(11)15(19)17-13-7-9-18-8-2-1-6-14(13)18/h11-14H,1-10,16H2,(H,17,19). The Morgan fingerprint density at radius 3 is 2.84 bits per heavy atom. The van der Waals surface area contributed by atoms with Crippen molar-refractivity contribution in [3.63, 3.8) is 0 Å². The lowest BCUT2D eigenvalue weighted by atomic mass is 9.93. The van der Waals surface area contributed by atoms with Crippen LogP contribution in [0.2, 0.25) is 0 Å². The summed E-state index contributed by atoms with van der Waals surface area (Å²) in [5.41, 5.74) is 5.79. The molecule has 0 radical (unpaired) electrons. The van der Waals surface area contributed by atoms with Crippen LogP contribution >= 0.6 is 0 Å². The summed E-state index contributed by atoms with van der Waals surface area (Å²) in [4.78, 5) is 15.0. The number of hydrogen-bond acceptors (Lipinski definition) is 3. The van der Waals surface area contributed by atoms with Gasteiger partial charge in [0.15, 0.2) is 0 Å². The van der Waals surface area contributed by atoms with Gasteiger partial charge in [0.05, 0.1) is 0 Å². The van der Waals surface area contributed by atoms with E-state index in [-0.39, 0.29) is 11.8 Å². The van der Waals surface area contributed by atoms with Gasteiger partial charge in [-0.15, -0.1) is 0 Å². The fourth-order valence-electron chi connectivity index (χ4n) is 4.37. The van der Waals surface area contributed by atoms with Crippen LogP contribution < -0.4 is 11.1 Å². The number of hydrogen-bond donors (Lipinski definition) is 2. The molecule has 4 nitrogen and oxygen atoms in total. The molecule has 0 spiro atoms. The summed E-state index contributed by atoms with van der Waals surface area (Å²) in [5.74, 6) is 0.886. The second kappa shape index (κ2) is 5.80. The monoisotopic (exact) mass is 265 g/mol. The number of carbonyl (C=O) groups is 1. The van der Waals surface area contributed by atoms with E-state index in [0.29, 0.717) is 24.5 Å². The second-order valence-corrected chi connectivity index (χ2v) is 6.54. The van der Waals surface area contributed by atoms with Crippen molar-refractivity contribution < 1.29 is 4.79 Å². The van der Waals surface area contributed by atoms with E-state index in [1.54, 1.807) is 0 Å². The molecule has 4 unspecified atom stereocenters. The molecule has 0 bridgehead atoms. The van der Waals surface area contributed by atoms with E-state index in [9.17, 15) is 4.79 Å². The van der Waals surface area contributed by atoms with Gasteiger partial charge < -0.3 is 11.1 Å². The van der Waals surface area contributed by atoms with E-state index in [1.807, 2.05) is 0 Å². The molecule has 108 valence electrons. The third-order valence-electron chi connectivity index (χ3n) is 5.48. The van der Waals surface area contributed by atoms with E-state index < -0.39 is 0 Å². The first-order chi connectivity index (χ1) is 9.29. The van der Waals surface area contributed by atoms with Crippen LogP contribution in [0.3, 0.4) is 0 Å². The van der Waals surface area contributed by atoms with Crippen LogP contribution in [0.25, 0.3) is 0 Å². The van der Waals surface area contributed by atoms with Crippen molar-refractivity contribution in [1.82, 2.24) is 10.2 Å². The maximum absolute atomic E-state index is 12.5. The Morgan fingerprint density at radius 2 is 2.00 bits per heavy atom. The van der Waals surface area contributed by atoms with Gasteiger partial charge >= 0.3 is 0 Å². The minimum absolute atomic E-state index is 0.183. The smallest absolute Gasteiger partial charge is 0.223 e. The molecule has 3 N–H and O–H groups in total. The Morgan fingerprint density at radius 1 is 1.11 bits per heavy atom. The van der Waals surface area contributed by atoms with Crippen LogP contribution in [0, 0.1) is 11.8 Å². The zero-order valence-corrected chi connectivity index (χ0v) is 11.8. The summed E-state index contributed by atoms with van der Waals surface area (Å²) in [6.07, 6.45) is 8.38. The molecule has 0 aromatic carbocycles. The lowest BCUT2D eigenvalue weighted by Crippen LogP contribution is -2.49. The van der Waals surface area contributed by atoms with Gasteiger partial charge in [-0.1, -0.05) is 12.8 Å². The summed E-state index contributed by atoms with van der Waals surface area (Å²) in [5, 5.41) is 3.35. The molecular formula is C15H27N3O. The van der Waals surface area contributed by atoms with Crippen LogP contribution in [0.15, 0.2) is 0 Å². The van der Waals surface area contributed by atoms with E-state index in [0.717, 1.165) is 19.3 Å². The van der Waals surface area contributed by atoms with Gasteiger partial charge in [-0.3, -0.25) is 9.69 Å². The topological polar surface area (TPSA) is 58.4 Å². The van der Waals surface area contributed by atoms with Crippen LogP contribution in [0.4, 0.5) is 0 Å². The highest BCUT2D eigenvalue weighted by atomic mass is 16.2. The summed E-state index contributed by atoms with van der Waals surface area (Å²) in [6.45, 7) is 3.06. The highest BCUT2D eigenvalue weighted by Crippen LogP contribution is 2.32. The van der Waals surface area contributed by atoms with Crippen molar-refractivity contribution in [3.05, 3.63) is 0 Å². The Hall–Kier alpha value is -0.610. The molecule has 1 aliphatic carbocycles. The maximum atomic E-state index is 12.5. The van der Waals surface area contributed by atoms with Crippen molar-refractivity contribution in [3.8, 4) is 0 Å². The molecule has 3 fully saturated rings. The average Bonchev–Trinajstić information content (AvgIpc) is 3.05. The van der Waals surface area contributed by atoms with Crippen LogP contribution in [-0.2, 0) is 4.79 Å². The number of nitrogens with two attached hydrogens (primary N) is 1. The molecule has 19 heavy (non-hydrogen) atoms. The first-order valence-electron chi connectivity index (χ1n) is 8.04. The molecular weight excluding hydrogens is 238 g/mol. The SMILES string of the molecule is NCC1CCCC1C(=O)NC1CCN2CCCCC12. The molecule has 2 saturated heterocycles. The molecule has 4 heteroatoms. The van der Waals surface area contributed by atoms with Crippen molar-refractivity contribution in [2.45, 2.75) is 57.0 Å². The van der Waals surface area contributed by atoms with Gasteiger partial charge in [0.2, 0.25) is 5.91 Å². The predicted molar refractivity (Wildman–Crippen MR) is 75.6 cm³/mol. The van der Waals surface area contributed by atoms with E-state index in [2.05, 4.69) is 10.2 Å². The van der Waals surface area contributed by atoms with E-state index >= 15 is 0 Å². The van der Waals surface area contributed by atoms with E-state index in [1.165, 1.54) is 38.8 Å². The van der Waals surface area contributed by atoms with Gasteiger partial charge in [0.25, 0.3) is 0 Å². The lowest BCUT2D eigenvalue weighted by Gasteiger charge is -2.33. The average molecular weight is 265 g/mol. The molecule has 0 aromatic heterocycles. The molecule has 3 rings (SSSR count). The zero-order chi connectivity index (χ0) is 13.2. The quantitative estimate of drug-likeness (QED) is 0.803. The maximum Gasteiger partial charge on any atom is 0.223 e. The van der Waals surface area contributed by atoms with Crippen molar-refractivity contribution in [1.29, 1.82) is 0 Å². The highest BCUT2D eigenvalue weighted by Gasteiger charge is 2.39. The number of rotatable bonds is 3. The minimum Gasteiger partial charge on any atom is -0.351 e. The normalized spacial score (nSPS) is 39.2. The predicted octanol–water partition coefficient (Wildman–Crippen LogP) is 1.10. The third kappa shape index (κ3) is 2.65. The highest BCUT2D eigenvalue weighted by molar-refractivity contribution is 5.79. The van der Waals surface area contributed by atoms with Crippen LogP contribution in [0.5, 0.6) is 0 Å². The second-order valence-electron chi connectivity index (χ2n) is 6.54. The van der Waals surface area contributed by atoms with Crippen LogP contribution in [0.1, 0.15) is 44.9 Å². The summed E-state index contributed by atoms with van der Waals surface area (Å²) >= 11 is 0. The fraction of sp³-hybridized carbons (Fsp3) is 0.933. The van der Waals surface area contributed by atoms with Crippen molar-refractivity contribution in [2.24, 2.45) is 17.6 Å². The summed E-state index contributed by atoms with van der Waals surface area (Å²) in [6, 6.07) is 1.00. The van der Waals surface area contributed by atoms with Gasteiger partial charge in [0.1, 0.15) is 0 Å². The molecule has 3 aliphatic rings. The number of carbonyl (C=O) groups excluding carboxylic acids is 1. The Bertz CT molecular complexity index is 333. The lowest BCUT2D eigenvalue weighted by molar-refractivity contribution is -0.126. The molecule has 2 aliphatic heterocycles. The van der Waals surface area contributed by atoms with Gasteiger partial charge in [-0.2, -0.15) is 0 Å². The minimum atomic E-state index is 0.183. The largest absolute Gasteiger partial charge is 0.351 e. The third-order valence-corrected chi connectivity index (χ3v) is 5.48. The van der Waals surface area contributed by atoms with Crippen LogP contribution in [-0.4, -0.2) is 42.5 Å². The molecule has 1 amide bonds. The molecule has 1 saturated carbocycles. The summed E-state index contributed by atoms with van der Waals surface area (Å²) < 4.78 is 0. The first-order valence-corrected chi connectivity index (χ1v) is 8.04. The van der Waals surface area contributed by atoms with Gasteiger partial charge in [-0.05, 0) is 51.1 Å². The van der Waals surface area contributed by atoms with Crippen molar-refractivity contribution >= 4 is 5.91 Å².